The molecule has 158 valence electrons. The summed E-state index contributed by atoms with van der Waals surface area (Å²) in [5, 5.41) is 7.65. The maximum Gasteiger partial charge on any atom is 0.243 e. The Balaban J connectivity index is 1.49. The highest BCUT2D eigenvalue weighted by Crippen LogP contribution is 2.20. The van der Waals surface area contributed by atoms with E-state index < -0.39 is 10.0 Å². The first-order valence-corrected chi connectivity index (χ1v) is 12.2. The van der Waals surface area contributed by atoms with Gasteiger partial charge in [-0.3, -0.25) is 4.99 Å². The lowest BCUT2D eigenvalue weighted by atomic mass is 10.2. The fourth-order valence-corrected chi connectivity index (χ4v) is 5.55. The molecule has 7 nitrogen and oxygen atoms in total. The van der Waals surface area contributed by atoms with E-state index in [1.54, 1.807) is 34.8 Å². The first-order valence-electron chi connectivity index (χ1n) is 9.94. The molecule has 2 aromatic rings. The highest BCUT2D eigenvalue weighted by Gasteiger charge is 2.25. The van der Waals surface area contributed by atoms with Gasteiger partial charge in [-0.15, -0.1) is 11.3 Å². The number of benzene rings is 1. The van der Waals surface area contributed by atoms with Crippen molar-refractivity contribution in [2.45, 2.75) is 44.0 Å². The molecule has 1 fully saturated rings. The summed E-state index contributed by atoms with van der Waals surface area (Å²) in [6.07, 6.45) is 5.73. The number of aliphatic imine (C=N–C) groups is 1. The van der Waals surface area contributed by atoms with Crippen molar-refractivity contribution in [3.63, 3.8) is 0 Å². The number of aryl methyl sites for hydroxylation is 1. The molecule has 0 amide bonds. The molecule has 3 rings (SSSR count). The Kier molecular flexibility index (Phi) is 7.63. The quantitative estimate of drug-likeness (QED) is 0.516. The summed E-state index contributed by atoms with van der Waals surface area (Å²) in [6.45, 7) is 4.61. The fourth-order valence-electron chi connectivity index (χ4n) is 3.24. The second-order valence-corrected chi connectivity index (χ2v) is 10.3. The van der Waals surface area contributed by atoms with Crippen LogP contribution in [-0.2, 0) is 23.0 Å². The maximum atomic E-state index is 12.7. The highest BCUT2D eigenvalue weighted by molar-refractivity contribution is 7.89. The van der Waals surface area contributed by atoms with Crippen LogP contribution in [0.15, 0.2) is 40.4 Å². The van der Waals surface area contributed by atoms with E-state index in [1.807, 2.05) is 18.3 Å². The van der Waals surface area contributed by atoms with Crippen molar-refractivity contribution in [1.82, 2.24) is 19.9 Å². The van der Waals surface area contributed by atoms with Gasteiger partial charge in [-0.05, 0) is 37.5 Å². The summed E-state index contributed by atoms with van der Waals surface area (Å²) < 4.78 is 27.0. The van der Waals surface area contributed by atoms with Crippen molar-refractivity contribution in [2.75, 3.05) is 26.7 Å². The van der Waals surface area contributed by atoms with Gasteiger partial charge in [0, 0.05) is 50.7 Å². The SMILES string of the molecule is CN=C(NCCc1ncc(C)s1)NCc1ccc(S(=O)(=O)N2CCCCC2)cc1. The predicted octanol–water partition coefficient (Wildman–Crippen LogP) is 2.53. The van der Waals surface area contributed by atoms with E-state index in [2.05, 4.69) is 27.5 Å². The maximum absolute atomic E-state index is 12.7. The molecular weight excluding hydrogens is 406 g/mol. The molecule has 0 saturated carbocycles. The summed E-state index contributed by atoms with van der Waals surface area (Å²) in [5.41, 5.74) is 1.00. The van der Waals surface area contributed by atoms with Gasteiger partial charge in [0.05, 0.1) is 9.90 Å². The molecule has 1 aliphatic heterocycles. The molecular formula is C20H29N5O2S2. The van der Waals surface area contributed by atoms with Gasteiger partial charge in [-0.2, -0.15) is 4.31 Å². The average molecular weight is 436 g/mol. The van der Waals surface area contributed by atoms with Crippen LogP contribution in [-0.4, -0.2) is 50.3 Å². The van der Waals surface area contributed by atoms with Crippen LogP contribution in [0.3, 0.4) is 0 Å². The number of hydrogen-bond donors (Lipinski definition) is 2. The smallest absolute Gasteiger partial charge is 0.243 e. The highest BCUT2D eigenvalue weighted by atomic mass is 32.2. The first kappa shape index (κ1) is 21.7. The van der Waals surface area contributed by atoms with Crippen molar-refractivity contribution in [1.29, 1.82) is 0 Å². The number of nitrogens with zero attached hydrogens (tertiary/aromatic N) is 3. The summed E-state index contributed by atoms with van der Waals surface area (Å²) in [5.74, 6) is 0.711. The molecule has 0 unspecified atom stereocenters. The van der Waals surface area contributed by atoms with Gasteiger partial charge in [-0.25, -0.2) is 13.4 Å². The second kappa shape index (κ2) is 10.2. The molecule has 0 radical (unpaired) electrons. The second-order valence-electron chi connectivity index (χ2n) is 7.08. The van der Waals surface area contributed by atoms with Crippen molar-refractivity contribution in [3.05, 3.63) is 45.9 Å². The van der Waals surface area contributed by atoms with Gasteiger partial charge in [0.2, 0.25) is 10.0 Å². The van der Waals surface area contributed by atoms with E-state index in [4.69, 9.17) is 0 Å². The Morgan fingerprint density at radius 3 is 2.52 bits per heavy atom. The molecule has 1 aromatic heterocycles. The molecule has 1 aromatic carbocycles. The molecule has 0 bridgehead atoms. The monoisotopic (exact) mass is 435 g/mol. The predicted molar refractivity (Wildman–Crippen MR) is 118 cm³/mol. The molecule has 2 N–H and O–H groups in total. The number of rotatable bonds is 7. The topological polar surface area (TPSA) is 86.7 Å². The lowest BCUT2D eigenvalue weighted by molar-refractivity contribution is 0.346. The molecule has 1 saturated heterocycles. The van der Waals surface area contributed by atoms with Gasteiger partial charge in [0.25, 0.3) is 0 Å². The normalized spacial score (nSPS) is 16.0. The minimum Gasteiger partial charge on any atom is -0.356 e. The Labute approximate surface area is 177 Å². The van der Waals surface area contributed by atoms with Crippen molar-refractivity contribution in [3.8, 4) is 0 Å². The summed E-state index contributed by atoms with van der Waals surface area (Å²) in [7, 11) is -1.65. The lowest BCUT2D eigenvalue weighted by Crippen LogP contribution is -2.37. The largest absolute Gasteiger partial charge is 0.356 e. The van der Waals surface area contributed by atoms with Crippen molar-refractivity contribution < 1.29 is 8.42 Å². The average Bonchev–Trinajstić information content (AvgIpc) is 3.16. The van der Waals surface area contributed by atoms with E-state index in [0.29, 0.717) is 30.5 Å². The Hall–Kier alpha value is -1.97. The minimum atomic E-state index is -3.38. The van der Waals surface area contributed by atoms with Crippen LogP contribution >= 0.6 is 11.3 Å². The third kappa shape index (κ3) is 6.01. The lowest BCUT2D eigenvalue weighted by Gasteiger charge is -2.25. The number of hydrogen-bond acceptors (Lipinski definition) is 5. The Morgan fingerprint density at radius 1 is 1.17 bits per heavy atom. The zero-order valence-electron chi connectivity index (χ0n) is 17.0. The third-order valence-corrected chi connectivity index (χ3v) is 7.75. The number of nitrogens with one attached hydrogen (secondary N) is 2. The van der Waals surface area contributed by atoms with Crippen LogP contribution in [0.2, 0.25) is 0 Å². The van der Waals surface area contributed by atoms with E-state index in [0.717, 1.165) is 42.8 Å². The van der Waals surface area contributed by atoms with E-state index in [9.17, 15) is 8.42 Å². The molecule has 0 aliphatic carbocycles. The molecule has 1 aliphatic rings. The number of piperidine rings is 1. The standard InChI is InChI=1S/C20H29N5O2S2/c1-16-14-23-19(28-16)10-11-22-20(21-2)24-15-17-6-8-18(9-7-17)29(26,27)25-12-4-3-5-13-25/h6-9,14H,3-5,10-13,15H2,1-2H3,(H2,21,22,24). The number of aromatic nitrogens is 1. The van der Waals surface area contributed by atoms with Gasteiger partial charge in [0.1, 0.15) is 0 Å². The van der Waals surface area contributed by atoms with Crippen LogP contribution < -0.4 is 10.6 Å². The van der Waals surface area contributed by atoms with Crippen LogP contribution in [0.25, 0.3) is 0 Å². The van der Waals surface area contributed by atoms with Crippen LogP contribution in [0.4, 0.5) is 0 Å². The molecule has 0 spiro atoms. The number of sulfonamides is 1. The van der Waals surface area contributed by atoms with E-state index in [1.165, 1.54) is 4.88 Å². The Morgan fingerprint density at radius 2 is 1.90 bits per heavy atom. The van der Waals surface area contributed by atoms with E-state index in [-0.39, 0.29) is 0 Å². The molecule has 0 atom stereocenters. The van der Waals surface area contributed by atoms with Gasteiger partial charge >= 0.3 is 0 Å². The molecule has 2 heterocycles. The summed E-state index contributed by atoms with van der Waals surface area (Å²) in [4.78, 5) is 10.2. The van der Waals surface area contributed by atoms with Gasteiger partial charge in [-0.1, -0.05) is 18.6 Å². The third-order valence-electron chi connectivity index (χ3n) is 4.86. The Bertz CT molecular complexity index is 917. The first-order chi connectivity index (χ1) is 14.0. The van der Waals surface area contributed by atoms with Crippen molar-refractivity contribution in [2.24, 2.45) is 4.99 Å². The van der Waals surface area contributed by atoms with Crippen LogP contribution in [0, 0.1) is 6.92 Å². The zero-order chi connectivity index (χ0) is 20.7. The summed E-state index contributed by atoms with van der Waals surface area (Å²) in [6, 6.07) is 7.11. The number of guanidine groups is 1. The molecule has 29 heavy (non-hydrogen) atoms. The summed E-state index contributed by atoms with van der Waals surface area (Å²) >= 11 is 1.71. The molecule has 9 heteroatoms. The zero-order valence-corrected chi connectivity index (χ0v) is 18.7. The minimum absolute atomic E-state index is 0.365. The van der Waals surface area contributed by atoms with Gasteiger partial charge in [0.15, 0.2) is 5.96 Å². The van der Waals surface area contributed by atoms with Crippen molar-refractivity contribution >= 4 is 27.3 Å². The van der Waals surface area contributed by atoms with E-state index >= 15 is 0 Å². The van der Waals surface area contributed by atoms with Crippen LogP contribution in [0.1, 0.15) is 34.7 Å². The number of thiazole rings is 1. The fraction of sp³-hybridized carbons (Fsp3) is 0.500. The van der Waals surface area contributed by atoms with Crippen LogP contribution in [0.5, 0.6) is 0 Å². The van der Waals surface area contributed by atoms with Gasteiger partial charge < -0.3 is 10.6 Å².